The zero-order valence-electron chi connectivity index (χ0n) is 11.2. The van der Waals surface area contributed by atoms with Gasteiger partial charge in [0.15, 0.2) is 0 Å². The molecule has 0 bridgehead atoms. The van der Waals surface area contributed by atoms with E-state index in [-0.39, 0.29) is 6.10 Å². The van der Waals surface area contributed by atoms with Gasteiger partial charge in [-0.15, -0.1) is 0 Å². The number of aliphatic hydroxyl groups excluding tert-OH is 1. The van der Waals surface area contributed by atoms with Gasteiger partial charge in [-0.05, 0) is 42.9 Å². The van der Waals surface area contributed by atoms with Crippen LogP contribution in [0.3, 0.4) is 0 Å². The van der Waals surface area contributed by atoms with Crippen LogP contribution >= 0.6 is 0 Å². The minimum atomic E-state index is -0.811. The Kier molecular flexibility index (Phi) is 4.38. The highest BCUT2D eigenvalue weighted by Crippen LogP contribution is 2.26. The van der Waals surface area contributed by atoms with Crippen molar-refractivity contribution in [1.29, 1.82) is 0 Å². The van der Waals surface area contributed by atoms with E-state index in [4.69, 9.17) is 5.11 Å². The summed E-state index contributed by atoms with van der Waals surface area (Å²) in [6.07, 6.45) is 5.74. The van der Waals surface area contributed by atoms with Crippen molar-refractivity contribution < 1.29 is 15.0 Å². The maximum atomic E-state index is 10.9. The quantitative estimate of drug-likeness (QED) is 0.877. The van der Waals surface area contributed by atoms with Crippen LogP contribution in [-0.2, 0) is 4.79 Å². The first-order valence-electron chi connectivity index (χ1n) is 6.79. The highest BCUT2D eigenvalue weighted by molar-refractivity contribution is 5.75. The van der Waals surface area contributed by atoms with Crippen molar-refractivity contribution in [2.45, 2.75) is 44.6 Å². The number of hydrogen-bond donors (Lipinski definition) is 2. The standard InChI is InChI=1S/C16H20O3/c1-11(16(18)19)13-8-6-12(7-9-13)10-14-4-2-3-5-15(14)17/h6-11,15,17H,2-5H2,1H3,(H,18,19)/b14-10+/t11?,15-/m0/s1. The van der Waals surface area contributed by atoms with Gasteiger partial charge in [-0.3, -0.25) is 4.79 Å². The third kappa shape index (κ3) is 3.44. The molecule has 2 atom stereocenters. The second-order valence-electron chi connectivity index (χ2n) is 5.21. The number of carboxylic acid groups (broad SMARTS) is 1. The third-order valence-corrected chi connectivity index (χ3v) is 3.78. The maximum Gasteiger partial charge on any atom is 0.310 e. The number of aliphatic carboxylic acids is 1. The molecular weight excluding hydrogens is 240 g/mol. The molecule has 0 radical (unpaired) electrons. The van der Waals surface area contributed by atoms with E-state index in [0.29, 0.717) is 0 Å². The van der Waals surface area contributed by atoms with Crippen LogP contribution in [0.2, 0.25) is 0 Å². The fraction of sp³-hybridized carbons (Fsp3) is 0.438. The van der Waals surface area contributed by atoms with Gasteiger partial charge in [0.2, 0.25) is 0 Å². The topological polar surface area (TPSA) is 57.5 Å². The lowest BCUT2D eigenvalue weighted by atomic mass is 9.90. The molecule has 1 saturated carbocycles. The van der Waals surface area contributed by atoms with Gasteiger partial charge in [0.05, 0.1) is 12.0 Å². The summed E-state index contributed by atoms with van der Waals surface area (Å²) in [6.45, 7) is 1.68. The Bertz CT molecular complexity index is 473. The van der Waals surface area contributed by atoms with Crippen molar-refractivity contribution in [2.24, 2.45) is 0 Å². The molecule has 1 aliphatic carbocycles. The van der Waals surface area contributed by atoms with Gasteiger partial charge >= 0.3 is 5.97 Å². The van der Waals surface area contributed by atoms with Crippen molar-refractivity contribution >= 4 is 12.0 Å². The summed E-state index contributed by atoms with van der Waals surface area (Å²) < 4.78 is 0. The fourth-order valence-corrected chi connectivity index (χ4v) is 2.42. The summed E-state index contributed by atoms with van der Waals surface area (Å²) in [4.78, 5) is 10.9. The van der Waals surface area contributed by atoms with E-state index in [9.17, 15) is 9.90 Å². The van der Waals surface area contributed by atoms with Gasteiger partial charge in [-0.1, -0.05) is 36.8 Å². The predicted octanol–water partition coefficient (Wildman–Crippen LogP) is 3.19. The summed E-state index contributed by atoms with van der Waals surface area (Å²) in [6, 6.07) is 7.53. The van der Waals surface area contributed by atoms with Crippen LogP contribution in [0.25, 0.3) is 6.08 Å². The van der Waals surface area contributed by atoms with Gasteiger partial charge in [0.25, 0.3) is 0 Å². The van der Waals surface area contributed by atoms with E-state index in [1.807, 2.05) is 30.3 Å². The minimum absolute atomic E-state index is 0.314. The van der Waals surface area contributed by atoms with Crippen LogP contribution < -0.4 is 0 Å². The van der Waals surface area contributed by atoms with Crippen molar-refractivity contribution in [3.63, 3.8) is 0 Å². The van der Waals surface area contributed by atoms with Crippen LogP contribution in [0.15, 0.2) is 29.8 Å². The number of benzene rings is 1. The third-order valence-electron chi connectivity index (χ3n) is 3.78. The lowest BCUT2D eigenvalue weighted by molar-refractivity contribution is -0.138. The first-order valence-corrected chi connectivity index (χ1v) is 6.79. The Balaban J connectivity index is 2.14. The average Bonchev–Trinajstić information content (AvgIpc) is 2.41. The highest BCUT2D eigenvalue weighted by atomic mass is 16.4. The van der Waals surface area contributed by atoms with E-state index >= 15 is 0 Å². The van der Waals surface area contributed by atoms with Crippen LogP contribution in [0.5, 0.6) is 0 Å². The van der Waals surface area contributed by atoms with Gasteiger partial charge in [-0.25, -0.2) is 0 Å². The Morgan fingerprint density at radius 2 is 2.00 bits per heavy atom. The van der Waals surface area contributed by atoms with Gasteiger partial charge in [0.1, 0.15) is 0 Å². The molecule has 2 N–H and O–H groups in total. The average molecular weight is 260 g/mol. The SMILES string of the molecule is CC(C(=O)O)c1ccc(/C=C2\CCCC[C@@H]2O)cc1. The van der Waals surface area contributed by atoms with Gasteiger partial charge < -0.3 is 10.2 Å². The Morgan fingerprint density at radius 3 is 2.58 bits per heavy atom. The summed E-state index contributed by atoms with van der Waals surface area (Å²) in [5, 5.41) is 18.9. The lowest BCUT2D eigenvalue weighted by Gasteiger charge is -2.20. The summed E-state index contributed by atoms with van der Waals surface area (Å²) in [5.74, 6) is -1.30. The molecule has 0 amide bonds. The molecule has 3 heteroatoms. The number of carbonyl (C=O) groups is 1. The van der Waals surface area contributed by atoms with E-state index in [1.54, 1.807) is 6.92 Å². The van der Waals surface area contributed by atoms with Crippen molar-refractivity contribution in [1.82, 2.24) is 0 Å². The molecule has 0 saturated heterocycles. The van der Waals surface area contributed by atoms with E-state index in [0.717, 1.165) is 42.4 Å². The Hall–Kier alpha value is -1.61. The molecule has 3 nitrogen and oxygen atoms in total. The van der Waals surface area contributed by atoms with Crippen molar-refractivity contribution in [2.75, 3.05) is 0 Å². The zero-order chi connectivity index (χ0) is 13.8. The normalized spacial score (nSPS) is 23.3. The van der Waals surface area contributed by atoms with E-state index < -0.39 is 11.9 Å². The van der Waals surface area contributed by atoms with Crippen LogP contribution in [0.1, 0.15) is 49.7 Å². The largest absolute Gasteiger partial charge is 0.481 e. The molecule has 102 valence electrons. The second kappa shape index (κ2) is 6.02. The number of rotatable bonds is 3. The van der Waals surface area contributed by atoms with E-state index in [2.05, 4.69) is 0 Å². The molecule has 1 unspecified atom stereocenters. The van der Waals surface area contributed by atoms with Crippen molar-refractivity contribution in [3.8, 4) is 0 Å². The molecule has 0 aromatic heterocycles. The predicted molar refractivity (Wildman–Crippen MR) is 74.9 cm³/mol. The molecule has 19 heavy (non-hydrogen) atoms. The molecule has 0 aliphatic heterocycles. The Morgan fingerprint density at radius 1 is 1.32 bits per heavy atom. The molecule has 1 aromatic carbocycles. The molecule has 0 heterocycles. The molecule has 0 spiro atoms. The van der Waals surface area contributed by atoms with E-state index in [1.165, 1.54) is 0 Å². The molecule has 1 aromatic rings. The Labute approximate surface area is 113 Å². The number of carboxylic acids is 1. The van der Waals surface area contributed by atoms with Crippen LogP contribution in [0, 0.1) is 0 Å². The molecule has 1 aliphatic rings. The first-order chi connectivity index (χ1) is 9.08. The van der Waals surface area contributed by atoms with Gasteiger partial charge in [0, 0.05) is 0 Å². The van der Waals surface area contributed by atoms with Crippen molar-refractivity contribution in [3.05, 3.63) is 41.0 Å². The van der Waals surface area contributed by atoms with Crippen LogP contribution in [0.4, 0.5) is 0 Å². The fourth-order valence-electron chi connectivity index (χ4n) is 2.42. The monoisotopic (exact) mass is 260 g/mol. The molecule has 1 fully saturated rings. The lowest BCUT2D eigenvalue weighted by Crippen LogP contribution is -2.14. The smallest absolute Gasteiger partial charge is 0.310 e. The molecule has 2 rings (SSSR count). The second-order valence-corrected chi connectivity index (χ2v) is 5.21. The maximum absolute atomic E-state index is 10.9. The zero-order valence-corrected chi connectivity index (χ0v) is 11.2. The minimum Gasteiger partial charge on any atom is -0.481 e. The number of hydrogen-bond acceptors (Lipinski definition) is 2. The summed E-state index contributed by atoms with van der Waals surface area (Å²) in [7, 11) is 0. The molecular formula is C16H20O3. The summed E-state index contributed by atoms with van der Waals surface area (Å²) in [5.41, 5.74) is 2.92. The number of aliphatic hydroxyl groups is 1. The van der Waals surface area contributed by atoms with Crippen LogP contribution in [-0.4, -0.2) is 22.3 Å². The highest BCUT2D eigenvalue weighted by Gasteiger charge is 2.16. The van der Waals surface area contributed by atoms with Gasteiger partial charge in [-0.2, -0.15) is 0 Å². The summed E-state index contributed by atoms with van der Waals surface area (Å²) >= 11 is 0. The first kappa shape index (κ1) is 13.8.